The zero-order chi connectivity index (χ0) is 20.9. The van der Waals surface area contributed by atoms with E-state index in [1.165, 1.54) is 48.1 Å². The molecule has 0 fully saturated rings. The van der Waals surface area contributed by atoms with Crippen molar-refractivity contribution in [2.75, 3.05) is 0 Å². The molecule has 29 heavy (non-hydrogen) atoms. The van der Waals surface area contributed by atoms with Crippen molar-refractivity contribution in [3.63, 3.8) is 0 Å². The lowest BCUT2D eigenvalue weighted by molar-refractivity contribution is 0.0699. The van der Waals surface area contributed by atoms with Crippen LogP contribution in [0.1, 0.15) is 10.4 Å². The van der Waals surface area contributed by atoms with Gasteiger partial charge in [0.2, 0.25) is 0 Å². The molecule has 4 rings (SSSR count). The number of carbonyl (C=O) groups is 1. The zero-order valence-electron chi connectivity index (χ0n) is 14.8. The topological polar surface area (TPSA) is 68.0 Å². The van der Waals surface area contributed by atoms with E-state index in [-0.39, 0.29) is 22.2 Å². The smallest absolute Gasteiger partial charge is 0.337 e. The van der Waals surface area contributed by atoms with E-state index < -0.39 is 46.2 Å². The van der Waals surface area contributed by atoms with E-state index in [1.54, 1.807) is 0 Å². The molecule has 0 saturated heterocycles. The Bertz CT molecular complexity index is 1260. The van der Waals surface area contributed by atoms with E-state index in [0.717, 1.165) is 6.20 Å². The Morgan fingerprint density at radius 3 is 2.21 bits per heavy atom. The van der Waals surface area contributed by atoms with Gasteiger partial charge in [-0.15, -0.1) is 0 Å². The second kappa shape index (κ2) is 6.69. The van der Waals surface area contributed by atoms with Crippen molar-refractivity contribution in [2.45, 2.75) is 0 Å². The largest absolute Gasteiger partial charge is 0.478 e. The highest BCUT2D eigenvalue weighted by Crippen LogP contribution is 2.37. The van der Waals surface area contributed by atoms with Crippen LogP contribution >= 0.6 is 0 Å². The maximum Gasteiger partial charge on any atom is 0.337 e. The Hall–Kier alpha value is -3.75. The molecule has 0 radical (unpaired) electrons. The third-order valence-corrected chi connectivity index (χ3v) is 4.58. The molecule has 0 atom stereocenters. The second-order valence-corrected chi connectivity index (χ2v) is 6.22. The van der Waals surface area contributed by atoms with Gasteiger partial charge in [0.1, 0.15) is 11.3 Å². The molecule has 2 aromatic heterocycles. The molecule has 0 aliphatic heterocycles. The van der Waals surface area contributed by atoms with Crippen molar-refractivity contribution in [3.8, 4) is 22.5 Å². The lowest BCUT2D eigenvalue weighted by atomic mass is 10.0. The zero-order valence-corrected chi connectivity index (χ0v) is 14.8. The van der Waals surface area contributed by atoms with Gasteiger partial charge in [-0.25, -0.2) is 27.3 Å². The third kappa shape index (κ3) is 2.74. The molecule has 5 nitrogen and oxygen atoms in total. The van der Waals surface area contributed by atoms with E-state index in [4.69, 9.17) is 0 Å². The Morgan fingerprint density at radius 1 is 0.966 bits per heavy atom. The Balaban J connectivity index is 2.04. The highest BCUT2D eigenvalue weighted by Gasteiger charge is 2.30. The summed E-state index contributed by atoms with van der Waals surface area (Å²) in [6.07, 6.45) is 2.42. The monoisotopic (exact) mass is 401 g/mol. The van der Waals surface area contributed by atoms with Gasteiger partial charge in [-0.1, -0.05) is 12.1 Å². The van der Waals surface area contributed by atoms with Gasteiger partial charge in [0, 0.05) is 25.0 Å². The number of aromatic carboxylic acids is 1. The quantitative estimate of drug-likeness (QED) is 0.404. The summed E-state index contributed by atoms with van der Waals surface area (Å²) in [5.74, 6) is -8.23. The number of pyridine rings is 1. The summed E-state index contributed by atoms with van der Waals surface area (Å²) in [5.41, 5.74) is -2.09. The van der Waals surface area contributed by atoms with Crippen LogP contribution in [0.15, 0.2) is 42.7 Å². The van der Waals surface area contributed by atoms with Crippen molar-refractivity contribution in [1.82, 2.24) is 14.5 Å². The first-order chi connectivity index (χ1) is 13.8. The predicted octanol–water partition coefficient (Wildman–Crippen LogP) is 4.56. The number of imidazole rings is 1. The van der Waals surface area contributed by atoms with Crippen LogP contribution in [0.5, 0.6) is 0 Å². The summed E-state index contributed by atoms with van der Waals surface area (Å²) in [5, 5.41) is 9.29. The highest BCUT2D eigenvalue weighted by atomic mass is 19.2. The number of nitrogens with zero attached hydrogens (tertiary/aromatic N) is 3. The van der Waals surface area contributed by atoms with E-state index in [2.05, 4.69) is 9.97 Å². The molecule has 0 bridgehead atoms. The van der Waals surface area contributed by atoms with Crippen LogP contribution in [-0.4, -0.2) is 25.6 Å². The van der Waals surface area contributed by atoms with E-state index in [1.807, 2.05) is 0 Å². The first-order valence-electron chi connectivity index (χ1n) is 8.28. The maximum atomic E-state index is 14.9. The van der Waals surface area contributed by atoms with Crippen LogP contribution in [0, 0.1) is 23.3 Å². The fraction of sp³-hybridized carbons (Fsp3) is 0.0500. The minimum atomic E-state index is -1.64. The lowest BCUT2D eigenvalue weighted by Gasteiger charge is -2.12. The lowest BCUT2D eigenvalue weighted by Crippen LogP contribution is -2.06. The average Bonchev–Trinajstić information content (AvgIpc) is 3.04. The normalized spacial score (nSPS) is 11.2. The highest BCUT2D eigenvalue weighted by molar-refractivity contribution is 6.02. The molecule has 4 aromatic rings. The second-order valence-electron chi connectivity index (χ2n) is 6.22. The Morgan fingerprint density at radius 2 is 1.62 bits per heavy atom. The fourth-order valence-corrected chi connectivity index (χ4v) is 3.20. The molecular formula is C20H11F4N3O2. The van der Waals surface area contributed by atoms with Gasteiger partial charge < -0.3 is 9.67 Å². The molecule has 146 valence electrons. The summed E-state index contributed by atoms with van der Waals surface area (Å²) in [4.78, 5) is 19.1. The predicted molar refractivity (Wildman–Crippen MR) is 96.2 cm³/mol. The van der Waals surface area contributed by atoms with Crippen LogP contribution in [-0.2, 0) is 7.05 Å². The molecule has 1 N–H and O–H groups in total. The number of aromatic nitrogens is 3. The summed E-state index contributed by atoms with van der Waals surface area (Å²) in [6.45, 7) is 0. The van der Waals surface area contributed by atoms with E-state index in [9.17, 15) is 27.5 Å². The molecule has 0 spiro atoms. The first-order valence-corrected chi connectivity index (χ1v) is 8.28. The average molecular weight is 401 g/mol. The van der Waals surface area contributed by atoms with Crippen molar-refractivity contribution < 1.29 is 27.5 Å². The number of aryl methyl sites for hydroxylation is 1. The number of para-hydroxylation sites is 1. The van der Waals surface area contributed by atoms with E-state index in [0.29, 0.717) is 0 Å². The van der Waals surface area contributed by atoms with Crippen molar-refractivity contribution in [2.24, 2.45) is 7.05 Å². The minimum absolute atomic E-state index is 0.0616. The number of rotatable bonds is 3. The Kier molecular flexibility index (Phi) is 4.30. The molecule has 0 aliphatic rings. The van der Waals surface area contributed by atoms with Crippen LogP contribution < -0.4 is 0 Å². The van der Waals surface area contributed by atoms with E-state index >= 15 is 0 Å². The van der Waals surface area contributed by atoms with Gasteiger partial charge in [0.15, 0.2) is 23.3 Å². The molecule has 0 aliphatic carbocycles. The molecule has 2 aromatic carbocycles. The number of hydrogen-bond donors (Lipinski definition) is 1. The molecule has 0 amide bonds. The summed E-state index contributed by atoms with van der Waals surface area (Å²) >= 11 is 0. The van der Waals surface area contributed by atoms with Gasteiger partial charge in [-0.2, -0.15) is 0 Å². The molecular weight excluding hydrogens is 390 g/mol. The number of benzene rings is 2. The molecule has 2 heterocycles. The van der Waals surface area contributed by atoms with Crippen molar-refractivity contribution in [3.05, 3.63) is 71.6 Å². The summed E-state index contributed by atoms with van der Waals surface area (Å²) in [7, 11) is 1.36. The fourth-order valence-electron chi connectivity index (χ4n) is 3.20. The van der Waals surface area contributed by atoms with Gasteiger partial charge in [-0.05, 0) is 18.2 Å². The van der Waals surface area contributed by atoms with Crippen LogP contribution in [0.4, 0.5) is 17.6 Å². The summed E-state index contributed by atoms with van der Waals surface area (Å²) < 4.78 is 60.4. The first kappa shape index (κ1) is 18.6. The van der Waals surface area contributed by atoms with Gasteiger partial charge >= 0.3 is 5.97 Å². The number of fused-ring (bicyclic) bond motifs is 1. The number of hydrogen-bond acceptors (Lipinski definition) is 3. The van der Waals surface area contributed by atoms with Crippen LogP contribution in [0.3, 0.4) is 0 Å². The van der Waals surface area contributed by atoms with Gasteiger partial charge in [-0.3, -0.25) is 4.98 Å². The number of carboxylic acid groups (broad SMARTS) is 1. The van der Waals surface area contributed by atoms with Crippen LogP contribution in [0.2, 0.25) is 0 Å². The third-order valence-electron chi connectivity index (χ3n) is 4.58. The number of carboxylic acids is 1. The van der Waals surface area contributed by atoms with Crippen molar-refractivity contribution in [1.29, 1.82) is 0 Å². The van der Waals surface area contributed by atoms with Crippen molar-refractivity contribution >= 4 is 17.0 Å². The minimum Gasteiger partial charge on any atom is -0.478 e. The van der Waals surface area contributed by atoms with Gasteiger partial charge in [0.05, 0.1) is 22.2 Å². The molecule has 0 unspecified atom stereocenters. The van der Waals surface area contributed by atoms with Crippen LogP contribution in [0.25, 0.3) is 33.5 Å². The standard InChI is InChI=1S/C20H11F4N3O2/c1-27-11-6-2-5-10(20(28)29)18(11)26-19(27)13-16(23)14(21)12(15(22)17(13)24)9-4-3-7-25-8-9/h2-8H,1H3,(H,28,29). The Labute approximate surface area is 160 Å². The molecule has 0 saturated carbocycles. The SMILES string of the molecule is Cn1c(-c2c(F)c(F)c(-c3cccnc3)c(F)c2F)nc2c(C(=O)O)cccc21. The number of halogens is 4. The summed E-state index contributed by atoms with van der Waals surface area (Å²) in [6, 6.07) is 6.81. The maximum absolute atomic E-state index is 14.9. The molecule has 9 heteroatoms. The van der Waals surface area contributed by atoms with Gasteiger partial charge in [0.25, 0.3) is 0 Å².